The molecule has 1 aliphatic carbocycles. The van der Waals surface area contributed by atoms with Crippen molar-refractivity contribution in [3.05, 3.63) is 54.3 Å². The van der Waals surface area contributed by atoms with E-state index in [0.717, 1.165) is 55.0 Å². The second-order valence-corrected chi connectivity index (χ2v) is 12.8. The van der Waals surface area contributed by atoms with Crippen LogP contribution in [0.5, 0.6) is 0 Å². The summed E-state index contributed by atoms with van der Waals surface area (Å²) in [6.07, 6.45) is 9.96. The molecule has 1 aliphatic heterocycles. The average Bonchev–Trinajstić information content (AvgIpc) is 3.40. The lowest BCUT2D eigenvalue weighted by molar-refractivity contribution is -0.127. The largest absolute Gasteiger partial charge is 0.444 e. The van der Waals surface area contributed by atoms with Gasteiger partial charge in [0, 0.05) is 54.4 Å². The Morgan fingerprint density at radius 3 is 2.71 bits per heavy atom. The number of aromatic amines is 1. The van der Waals surface area contributed by atoms with Crippen molar-refractivity contribution in [1.82, 2.24) is 24.8 Å². The first-order chi connectivity index (χ1) is 20.1. The molecule has 2 fully saturated rings. The number of carbonyl (C=O) groups excluding carboxylic acids is 2. The van der Waals surface area contributed by atoms with Crippen LogP contribution < -0.4 is 5.32 Å². The third-order valence-corrected chi connectivity index (χ3v) is 8.47. The van der Waals surface area contributed by atoms with Crippen LogP contribution >= 0.6 is 11.6 Å². The number of carbonyl (C=O) groups is 2. The first kappa shape index (κ1) is 29.9. The Bertz CT molecular complexity index is 1430. The van der Waals surface area contributed by atoms with Crippen LogP contribution in [0.3, 0.4) is 0 Å². The summed E-state index contributed by atoms with van der Waals surface area (Å²) in [4.78, 5) is 41.9. The topological polar surface area (TPSA) is 103 Å². The summed E-state index contributed by atoms with van der Waals surface area (Å²) in [6.45, 7) is 11.3. The van der Waals surface area contributed by atoms with Gasteiger partial charge in [-0.3, -0.25) is 4.79 Å². The molecule has 2 atom stereocenters. The predicted octanol–water partition coefficient (Wildman–Crippen LogP) is 6.66. The van der Waals surface area contributed by atoms with Crippen molar-refractivity contribution in [2.45, 2.75) is 77.0 Å². The van der Waals surface area contributed by atoms with E-state index in [1.165, 1.54) is 6.08 Å². The maximum Gasteiger partial charge on any atom is 0.410 e. The molecular formula is C32H41ClN6O3. The van der Waals surface area contributed by atoms with Crippen molar-refractivity contribution < 1.29 is 14.3 Å². The smallest absolute Gasteiger partial charge is 0.410 e. The number of amides is 2. The fourth-order valence-electron chi connectivity index (χ4n) is 6.09. The molecule has 3 aromatic rings. The number of H-pyrrole nitrogens is 1. The Morgan fingerprint density at radius 1 is 1.21 bits per heavy atom. The standard InChI is InChI=1S/C32H41ClN6O3/c1-5-28(40)38-15-13-21(14-16-38)20-39(31(41)42-32(2,3)4)23-10-8-9-22(17-23)36-30-35-19-26(33)29(37-30)25-18-34-27-12-7-6-11-24(25)27/h5-7,11-12,18-19,21-23,34H,1,8-10,13-17,20H2,2-4H3,(H,35,36,37)/t22-,23?/m1/s1. The molecule has 5 rings (SSSR count). The van der Waals surface area contributed by atoms with Gasteiger partial charge in [-0.05, 0) is 77.4 Å². The zero-order valence-electron chi connectivity index (χ0n) is 24.7. The molecule has 42 heavy (non-hydrogen) atoms. The molecule has 2 aliphatic rings. The minimum atomic E-state index is -0.586. The molecule has 224 valence electrons. The number of nitrogens with one attached hydrogen (secondary N) is 2. The number of ether oxygens (including phenoxy) is 1. The van der Waals surface area contributed by atoms with Gasteiger partial charge in [-0.15, -0.1) is 0 Å². The molecule has 0 bridgehead atoms. The van der Waals surface area contributed by atoms with Gasteiger partial charge < -0.3 is 24.8 Å². The van der Waals surface area contributed by atoms with Gasteiger partial charge >= 0.3 is 6.09 Å². The molecule has 2 amide bonds. The molecule has 1 saturated heterocycles. The summed E-state index contributed by atoms with van der Waals surface area (Å²) in [6, 6.07) is 8.18. The summed E-state index contributed by atoms with van der Waals surface area (Å²) < 4.78 is 5.88. The number of hydrogen-bond donors (Lipinski definition) is 2. The summed E-state index contributed by atoms with van der Waals surface area (Å²) in [7, 11) is 0. The van der Waals surface area contributed by atoms with Gasteiger partial charge in [0.25, 0.3) is 0 Å². The van der Waals surface area contributed by atoms with Crippen molar-refractivity contribution in [3.63, 3.8) is 0 Å². The van der Waals surface area contributed by atoms with Gasteiger partial charge in [-0.25, -0.2) is 14.8 Å². The number of para-hydroxylation sites is 1. The predicted molar refractivity (Wildman–Crippen MR) is 166 cm³/mol. The van der Waals surface area contributed by atoms with Crippen molar-refractivity contribution in [1.29, 1.82) is 0 Å². The first-order valence-corrected chi connectivity index (χ1v) is 15.3. The Hall–Kier alpha value is -3.59. The Labute approximate surface area is 252 Å². The van der Waals surface area contributed by atoms with Crippen LogP contribution in [-0.4, -0.2) is 74.1 Å². The number of benzene rings is 1. The maximum atomic E-state index is 13.5. The van der Waals surface area contributed by atoms with Gasteiger partial charge in [-0.2, -0.15) is 0 Å². The van der Waals surface area contributed by atoms with E-state index in [4.69, 9.17) is 21.3 Å². The fourth-order valence-corrected chi connectivity index (χ4v) is 6.28. The molecule has 2 N–H and O–H groups in total. The molecule has 9 nitrogen and oxygen atoms in total. The average molecular weight is 593 g/mol. The zero-order valence-corrected chi connectivity index (χ0v) is 25.5. The number of aromatic nitrogens is 3. The van der Waals surface area contributed by atoms with Gasteiger partial charge in [0.2, 0.25) is 11.9 Å². The number of anilines is 1. The number of hydrogen-bond acceptors (Lipinski definition) is 6. The third kappa shape index (κ3) is 7.06. The van der Waals surface area contributed by atoms with Crippen LogP contribution in [0.4, 0.5) is 10.7 Å². The lowest BCUT2D eigenvalue weighted by Crippen LogP contribution is -2.50. The molecule has 1 aromatic carbocycles. The fraction of sp³-hybridized carbons (Fsp3) is 0.500. The van der Waals surface area contributed by atoms with Crippen LogP contribution in [0, 0.1) is 5.92 Å². The SMILES string of the molecule is C=CC(=O)N1CCC(CN(C(=O)OC(C)(C)C)C2CCC[C@@H](Nc3ncc(Cl)c(-c4c[nH]c5ccccc45)n3)C2)CC1. The van der Waals surface area contributed by atoms with E-state index < -0.39 is 5.60 Å². The minimum Gasteiger partial charge on any atom is -0.444 e. The first-order valence-electron chi connectivity index (χ1n) is 14.9. The highest BCUT2D eigenvalue weighted by atomic mass is 35.5. The zero-order chi connectivity index (χ0) is 29.9. The van der Waals surface area contributed by atoms with E-state index in [1.54, 1.807) is 6.20 Å². The Kier molecular flexibility index (Phi) is 9.06. The van der Waals surface area contributed by atoms with Crippen molar-refractivity contribution in [2.75, 3.05) is 25.0 Å². The van der Waals surface area contributed by atoms with Crippen molar-refractivity contribution in [2.24, 2.45) is 5.92 Å². The Balaban J connectivity index is 1.30. The number of nitrogens with zero attached hydrogens (tertiary/aromatic N) is 4. The molecule has 1 unspecified atom stereocenters. The molecule has 2 aromatic heterocycles. The van der Waals surface area contributed by atoms with Gasteiger partial charge in [-0.1, -0.05) is 36.4 Å². The normalized spacial score (nSPS) is 19.9. The highest BCUT2D eigenvalue weighted by molar-refractivity contribution is 6.33. The lowest BCUT2D eigenvalue weighted by atomic mass is 9.88. The van der Waals surface area contributed by atoms with Crippen LogP contribution in [0.1, 0.15) is 59.3 Å². The van der Waals surface area contributed by atoms with E-state index in [9.17, 15) is 9.59 Å². The molecule has 0 spiro atoms. The lowest BCUT2D eigenvalue weighted by Gasteiger charge is -2.41. The molecule has 0 radical (unpaired) electrons. The highest BCUT2D eigenvalue weighted by Crippen LogP contribution is 2.33. The van der Waals surface area contributed by atoms with Crippen LogP contribution in [-0.2, 0) is 9.53 Å². The van der Waals surface area contributed by atoms with E-state index in [0.29, 0.717) is 42.2 Å². The number of halogens is 1. The minimum absolute atomic E-state index is 0.0272. The van der Waals surface area contributed by atoms with Gasteiger partial charge in [0.05, 0.1) is 16.9 Å². The number of rotatable bonds is 7. The van der Waals surface area contributed by atoms with Crippen LogP contribution in [0.25, 0.3) is 22.2 Å². The monoisotopic (exact) mass is 592 g/mol. The Morgan fingerprint density at radius 2 is 1.98 bits per heavy atom. The summed E-state index contributed by atoms with van der Waals surface area (Å²) in [5.41, 5.74) is 2.04. The molecule has 10 heteroatoms. The second-order valence-electron chi connectivity index (χ2n) is 12.4. The molecule has 3 heterocycles. The highest BCUT2D eigenvalue weighted by Gasteiger charge is 2.35. The molecule has 1 saturated carbocycles. The number of likely N-dealkylation sites (tertiary alicyclic amines) is 1. The van der Waals surface area contributed by atoms with Gasteiger partial charge in [0.1, 0.15) is 5.60 Å². The van der Waals surface area contributed by atoms with Crippen LogP contribution in [0.2, 0.25) is 5.02 Å². The molecular weight excluding hydrogens is 552 g/mol. The second kappa shape index (κ2) is 12.7. The summed E-state index contributed by atoms with van der Waals surface area (Å²) in [5, 5.41) is 5.08. The van der Waals surface area contributed by atoms with Crippen LogP contribution in [0.15, 0.2) is 49.3 Å². The van der Waals surface area contributed by atoms with E-state index in [-0.39, 0.29) is 24.1 Å². The maximum absolute atomic E-state index is 13.5. The summed E-state index contributed by atoms with van der Waals surface area (Å²) >= 11 is 6.56. The van der Waals surface area contributed by atoms with Gasteiger partial charge in [0.15, 0.2) is 0 Å². The van der Waals surface area contributed by atoms with E-state index >= 15 is 0 Å². The summed E-state index contributed by atoms with van der Waals surface area (Å²) in [5.74, 6) is 0.794. The van der Waals surface area contributed by atoms with Crippen molar-refractivity contribution in [3.8, 4) is 11.3 Å². The van der Waals surface area contributed by atoms with Crippen molar-refractivity contribution >= 4 is 40.5 Å². The van der Waals surface area contributed by atoms with E-state index in [2.05, 4.69) is 21.9 Å². The quantitative estimate of drug-likeness (QED) is 0.297. The third-order valence-electron chi connectivity index (χ3n) is 8.19. The number of fused-ring (bicyclic) bond motifs is 1. The van der Waals surface area contributed by atoms with E-state index in [1.807, 2.05) is 61.0 Å². The number of piperidine rings is 1.